The number of nitrogens with zero attached hydrogens (tertiary/aromatic N) is 1. The minimum Gasteiger partial charge on any atom is -0.494 e. The maximum atomic E-state index is 11.9. The first-order valence-corrected chi connectivity index (χ1v) is 10.5. The van der Waals surface area contributed by atoms with Gasteiger partial charge >= 0.3 is 0 Å². The molecule has 2 aromatic carbocycles. The van der Waals surface area contributed by atoms with Crippen LogP contribution in [0.2, 0.25) is 5.02 Å². The molecule has 0 aliphatic carbocycles. The maximum absolute atomic E-state index is 11.9. The van der Waals surface area contributed by atoms with E-state index in [4.69, 9.17) is 21.1 Å². The molecule has 0 aromatic heterocycles. The van der Waals surface area contributed by atoms with Crippen LogP contribution in [-0.4, -0.2) is 49.5 Å². The van der Waals surface area contributed by atoms with Crippen LogP contribution in [0.15, 0.2) is 48.5 Å². The predicted molar refractivity (Wildman–Crippen MR) is 113 cm³/mol. The Morgan fingerprint density at radius 1 is 1.07 bits per heavy atom. The molecule has 152 valence electrons. The van der Waals surface area contributed by atoms with Crippen LogP contribution >= 0.6 is 11.6 Å². The largest absolute Gasteiger partial charge is 0.494 e. The van der Waals surface area contributed by atoms with Gasteiger partial charge in [0.05, 0.1) is 25.4 Å². The van der Waals surface area contributed by atoms with E-state index in [-0.39, 0.29) is 5.92 Å². The molecule has 0 amide bonds. The molecule has 1 N–H and O–H groups in total. The van der Waals surface area contributed by atoms with Gasteiger partial charge in [-0.25, -0.2) is 0 Å². The molecule has 1 aliphatic rings. The lowest BCUT2D eigenvalue weighted by Gasteiger charge is -2.40. The molecule has 1 saturated heterocycles. The van der Waals surface area contributed by atoms with Crippen molar-refractivity contribution in [1.29, 1.82) is 0 Å². The van der Waals surface area contributed by atoms with Crippen molar-refractivity contribution in [3.05, 3.63) is 64.7 Å². The Bertz CT molecular complexity index is 729. The first-order valence-electron chi connectivity index (χ1n) is 10.1. The van der Waals surface area contributed by atoms with Crippen LogP contribution in [-0.2, 0) is 10.3 Å². The minimum atomic E-state index is -0.989. The zero-order valence-electron chi connectivity index (χ0n) is 16.7. The Hall–Kier alpha value is -1.59. The summed E-state index contributed by atoms with van der Waals surface area (Å²) in [7, 11) is 0. The third-order valence-electron chi connectivity index (χ3n) is 5.60. The van der Waals surface area contributed by atoms with E-state index in [0.717, 1.165) is 49.7 Å². The highest BCUT2D eigenvalue weighted by Gasteiger charge is 2.39. The van der Waals surface area contributed by atoms with Crippen LogP contribution in [0, 0.1) is 0 Å². The van der Waals surface area contributed by atoms with E-state index in [1.54, 1.807) is 0 Å². The minimum absolute atomic E-state index is 0.0780. The molecule has 0 bridgehead atoms. The number of benzene rings is 2. The van der Waals surface area contributed by atoms with E-state index < -0.39 is 5.60 Å². The van der Waals surface area contributed by atoms with E-state index in [2.05, 4.69) is 4.90 Å². The number of rotatable bonds is 8. The maximum Gasteiger partial charge on any atom is 0.119 e. The molecule has 2 aromatic rings. The fourth-order valence-corrected chi connectivity index (χ4v) is 4.05. The molecule has 2 atom stereocenters. The summed E-state index contributed by atoms with van der Waals surface area (Å²) >= 11 is 6.12. The zero-order chi connectivity index (χ0) is 20.0. The smallest absolute Gasteiger partial charge is 0.119 e. The second-order valence-electron chi connectivity index (χ2n) is 7.25. The highest BCUT2D eigenvalue weighted by atomic mass is 35.5. The molecular formula is C23H30ClNO3. The van der Waals surface area contributed by atoms with Gasteiger partial charge in [0, 0.05) is 30.6 Å². The van der Waals surface area contributed by atoms with Crippen LogP contribution < -0.4 is 4.74 Å². The van der Waals surface area contributed by atoms with Crippen molar-refractivity contribution in [3.63, 3.8) is 0 Å². The van der Waals surface area contributed by atoms with Crippen molar-refractivity contribution in [3.8, 4) is 5.75 Å². The Kier molecular flexibility index (Phi) is 7.36. The third kappa shape index (κ3) is 4.87. The standard InChI is InChI=1S/C23H30ClNO3/c1-3-23(26,19-7-11-21(12-8-19)28-4-2)22(17-25-13-15-27-16-14-25)18-5-9-20(24)10-6-18/h5-12,22,26H,3-4,13-17H2,1-2H3/t22-,23-/m0/s1. The van der Waals surface area contributed by atoms with E-state index >= 15 is 0 Å². The summed E-state index contributed by atoms with van der Waals surface area (Å²) in [6.45, 7) is 8.64. The van der Waals surface area contributed by atoms with Gasteiger partial charge in [-0.2, -0.15) is 0 Å². The molecule has 1 fully saturated rings. The quantitative estimate of drug-likeness (QED) is 0.706. The van der Waals surface area contributed by atoms with Gasteiger partial charge in [-0.15, -0.1) is 0 Å². The molecule has 0 unspecified atom stereocenters. The summed E-state index contributed by atoms with van der Waals surface area (Å²) in [5, 5.41) is 12.6. The highest BCUT2D eigenvalue weighted by Crippen LogP contribution is 2.41. The lowest BCUT2D eigenvalue weighted by atomic mass is 9.75. The molecule has 1 aliphatic heterocycles. The number of aliphatic hydroxyl groups is 1. The zero-order valence-corrected chi connectivity index (χ0v) is 17.5. The second kappa shape index (κ2) is 9.75. The molecule has 28 heavy (non-hydrogen) atoms. The Labute approximate surface area is 173 Å². The van der Waals surface area contributed by atoms with Crippen LogP contribution in [0.25, 0.3) is 0 Å². The average molecular weight is 404 g/mol. The summed E-state index contributed by atoms with van der Waals surface area (Å²) in [4.78, 5) is 2.37. The van der Waals surface area contributed by atoms with Crippen molar-refractivity contribution < 1.29 is 14.6 Å². The fourth-order valence-electron chi connectivity index (χ4n) is 3.93. The third-order valence-corrected chi connectivity index (χ3v) is 5.85. The molecule has 1 heterocycles. The van der Waals surface area contributed by atoms with Crippen LogP contribution in [0.5, 0.6) is 5.75 Å². The number of hydrogen-bond donors (Lipinski definition) is 1. The molecular weight excluding hydrogens is 374 g/mol. The Morgan fingerprint density at radius 2 is 1.71 bits per heavy atom. The molecule has 4 nitrogen and oxygen atoms in total. The SMILES string of the molecule is CCOc1ccc([C@@](O)(CC)[C@@H](CN2CCOCC2)c2ccc(Cl)cc2)cc1. The average Bonchev–Trinajstić information content (AvgIpc) is 2.74. The lowest BCUT2D eigenvalue weighted by Crippen LogP contribution is -2.44. The van der Waals surface area contributed by atoms with Crippen molar-refractivity contribution in [2.24, 2.45) is 0 Å². The summed E-state index contributed by atoms with van der Waals surface area (Å²) in [5.41, 5.74) is 1.01. The van der Waals surface area contributed by atoms with Gasteiger partial charge in [0.15, 0.2) is 0 Å². The predicted octanol–water partition coefficient (Wildman–Crippen LogP) is 4.45. The lowest BCUT2D eigenvalue weighted by molar-refractivity contribution is -0.0250. The monoisotopic (exact) mass is 403 g/mol. The summed E-state index contributed by atoms with van der Waals surface area (Å²) in [6, 6.07) is 15.7. The van der Waals surface area contributed by atoms with E-state index in [1.165, 1.54) is 0 Å². The van der Waals surface area contributed by atoms with Crippen molar-refractivity contribution in [1.82, 2.24) is 4.90 Å². The normalized spacial score (nSPS) is 18.4. The summed E-state index contributed by atoms with van der Waals surface area (Å²) < 4.78 is 11.1. The fraction of sp³-hybridized carbons (Fsp3) is 0.478. The van der Waals surface area contributed by atoms with Crippen molar-refractivity contribution in [2.75, 3.05) is 39.5 Å². The molecule has 5 heteroatoms. The van der Waals surface area contributed by atoms with Crippen LogP contribution in [0.3, 0.4) is 0 Å². The topological polar surface area (TPSA) is 41.9 Å². The summed E-state index contributed by atoms with van der Waals surface area (Å²) in [6.07, 6.45) is 0.610. The summed E-state index contributed by atoms with van der Waals surface area (Å²) in [5.74, 6) is 0.742. The van der Waals surface area contributed by atoms with E-state index in [1.807, 2.05) is 62.4 Å². The van der Waals surface area contributed by atoms with Gasteiger partial charge in [-0.1, -0.05) is 42.8 Å². The molecule has 0 spiro atoms. The number of morpholine rings is 1. The van der Waals surface area contributed by atoms with Gasteiger partial charge in [0.25, 0.3) is 0 Å². The highest BCUT2D eigenvalue weighted by molar-refractivity contribution is 6.30. The van der Waals surface area contributed by atoms with Gasteiger partial charge in [-0.05, 0) is 48.7 Å². The van der Waals surface area contributed by atoms with Crippen molar-refractivity contribution >= 4 is 11.6 Å². The molecule has 0 saturated carbocycles. The van der Waals surface area contributed by atoms with Gasteiger partial charge in [0.2, 0.25) is 0 Å². The van der Waals surface area contributed by atoms with Gasteiger partial charge in [-0.3, -0.25) is 4.90 Å². The van der Waals surface area contributed by atoms with Crippen LogP contribution in [0.1, 0.15) is 37.3 Å². The first kappa shape index (κ1) is 21.1. The van der Waals surface area contributed by atoms with E-state index in [0.29, 0.717) is 18.1 Å². The van der Waals surface area contributed by atoms with Gasteiger partial charge < -0.3 is 14.6 Å². The van der Waals surface area contributed by atoms with Crippen molar-refractivity contribution in [2.45, 2.75) is 31.8 Å². The van der Waals surface area contributed by atoms with Gasteiger partial charge in [0.1, 0.15) is 5.75 Å². The molecule has 3 rings (SSSR count). The number of halogens is 1. The Morgan fingerprint density at radius 3 is 2.29 bits per heavy atom. The van der Waals surface area contributed by atoms with Crippen LogP contribution in [0.4, 0.5) is 0 Å². The first-order chi connectivity index (χ1) is 13.6. The molecule has 0 radical (unpaired) electrons. The number of hydrogen-bond acceptors (Lipinski definition) is 4. The van der Waals surface area contributed by atoms with E-state index in [9.17, 15) is 5.11 Å². The second-order valence-corrected chi connectivity index (χ2v) is 7.69. The number of ether oxygens (including phenoxy) is 2. The Balaban J connectivity index is 1.95.